The molecule has 1 amide bonds. The minimum absolute atomic E-state index is 0.0459. The summed E-state index contributed by atoms with van der Waals surface area (Å²) >= 11 is 0. The fourth-order valence-corrected chi connectivity index (χ4v) is 5.87. The van der Waals surface area contributed by atoms with Crippen LogP contribution in [-0.2, 0) is 11.8 Å². The summed E-state index contributed by atoms with van der Waals surface area (Å²) in [5, 5.41) is 15.1. The highest BCUT2D eigenvalue weighted by Crippen LogP contribution is 2.38. The largest absolute Gasteiger partial charge is 0.473 e. The molecule has 47 heavy (non-hydrogen) atoms. The molecule has 14 heteroatoms. The van der Waals surface area contributed by atoms with Crippen molar-refractivity contribution in [1.82, 2.24) is 39.6 Å². The minimum Gasteiger partial charge on any atom is -0.473 e. The molecule has 1 unspecified atom stereocenters. The maximum Gasteiger partial charge on any atom is 0.238 e. The zero-order valence-electron chi connectivity index (χ0n) is 27.3. The van der Waals surface area contributed by atoms with E-state index in [1.165, 1.54) is 0 Å². The van der Waals surface area contributed by atoms with Crippen molar-refractivity contribution in [3.63, 3.8) is 0 Å². The average molecular weight is 637 g/mol. The van der Waals surface area contributed by atoms with Crippen molar-refractivity contribution in [2.45, 2.75) is 45.3 Å². The topological polar surface area (TPSA) is 154 Å². The number of hydrogen-bond acceptors (Lipinski definition) is 11. The number of aromatic nitrogens is 7. The van der Waals surface area contributed by atoms with Gasteiger partial charge >= 0.3 is 0 Å². The number of aryl methyl sites for hydroxylation is 3. The smallest absolute Gasteiger partial charge is 0.238 e. The van der Waals surface area contributed by atoms with Crippen LogP contribution < -0.4 is 25.6 Å². The number of amides is 1. The zero-order chi connectivity index (χ0) is 32.7. The third kappa shape index (κ3) is 6.68. The van der Waals surface area contributed by atoms with Gasteiger partial charge in [0.1, 0.15) is 6.10 Å². The number of aromatic amines is 1. The third-order valence-corrected chi connectivity index (χ3v) is 8.59. The van der Waals surface area contributed by atoms with E-state index >= 15 is 0 Å². The van der Waals surface area contributed by atoms with E-state index in [0.29, 0.717) is 36.2 Å². The Kier molecular flexibility index (Phi) is 8.10. The van der Waals surface area contributed by atoms with Crippen LogP contribution in [-0.4, -0.2) is 91.4 Å². The van der Waals surface area contributed by atoms with Gasteiger partial charge in [-0.15, -0.1) is 0 Å². The molecule has 0 spiro atoms. The van der Waals surface area contributed by atoms with E-state index < -0.39 is 0 Å². The summed E-state index contributed by atoms with van der Waals surface area (Å²) in [5.74, 6) is 2.20. The number of benzene rings is 1. The lowest BCUT2D eigenvalue weighted by molar-refractivity contribution is -0.117. The summed E-state index contributed by atoms with van der Waals surface area (Å²) in [5.41, 5.74) is 6.11. The molecular formula is C33H40N12O2. The van der Waals surface area contributed by atoms with Crippen molar-refractivity contribution in [2.24, 2.45) is 7.05 Å². The van der Waals surface area contributed by atoms with Crippen molar-refractivity contribution >= 4 is 45.9 Å². The third-order valence-electron chi connectivity index (χ3n) is 8.59. The lowest BCUT2D eigenvalue weighted by atomic mass is 10.1. The van der Waals surface area contributed by atoms with Gasteiger partial charge in [-0.2, -0.15) is 10.1 Å². The Morgan fingerprint density at radius 3 is 2.72 bits per heavy atom. The lowest BCUT2D eigenvalue weighted by Gasteiger charge is -2.21. The maximum absolute atomic E-state index is 13.5. The Bertz CT molecular complexity index is 1910. The molecule has 1 saturated carbocycles. The number of ether oxygens (including phenoxy) is 1. The number of nitrogens with one attached hydrogen (secondary N) is 4. The number of likely N-dealkylation sites (tertiary alicyclic amines) is 1. The highest BCUT2D eigenvalue weighted by atomic mass is 16.5. The lowest BCUT2D eigenvalue weighted by Crippen LogP contribution is -2.33. The molecule has 1 aliphatic carbocycles. The van der Waals surface area contributed by atoms with Gasteiger partial charge in [-0.1, -0.05) is 0 Å². The summed E-state index contributed by atoms with van der Waals surface area (Å²) in [6.07, 6.45) is 8.52. The fraction of sp³-hybridized carbons (Fsp3) is 0.394. The number of carbonyl (C=O) groups is 1. The summed E-state index contributed by atoms with van der Waals surface area (Å²) in [6.45, 7) is 5.63. The van der Waals surface area contributed by atoms with Gasteiger partial charge in [0.2, 0.25) is 23.7 Å². The molecule has 1 aromatic carbocycles. The second-order valence-electron chi connectivity index (χ2n) is 12.6. The molecule has 4 aromatic heterocycles. The first-order valence-corrected chi connectivity index (χ1v) is 15.9. The number of H-pyrrole nitrogens is 1. The van der Waals surface area contributed by atoms with E-state index in [-0.39, 0.29) is 18.6 Å². The molecule has 1 atom stereocenters. The summed E-state index contributed by atoms with van der Waals surface area (Å²) in [4.78, 5) is 39.2. The molecule has 244 valence electrons. The van der Waals surface area contributed by atoms with Crippen LogP contribution in [0.2, 0.25) is 0 Å². The van der Waals surface area contributed by atoms with E-state index in [2.05, 4.69) is 52.0 Å². The number of fused-ring (bicyclic) bond motifs is 1. The molecule has 4 N–H and O–H groups in total. The van der Waals surface area contributed by atoms with Crippen molar-refractivity contribution in [3.05, 3.63) is 54.1 Å². The van der Waals surface area contributed by atoms with Gasteiger partial charge in [-0.25, -0.2) is 15.0 Å². The first kappa shape index (κ1) is 30.4. The molecule has 2 aliphatic rings. The van der Waals surface area contributed by atoms with Crippen LogP contribution in [0.3, 0.4) is 0 Å². The van der Waals surface area contributed by atoms with Crippen LogP contribution in [0.25, 0.3) is 22.2 Å². The molecule has 0 bridgehead atoms. The highest BCUT2D eigenvalue weighted by Gasteiger charge is 2.27. The van der Waals surface area contributed by atoms with E-state index in [9.17, 15) is 4.79 Å². The molecule has 1 saturated heterocycles. The monoisotopic (exact) mass is 636 g/mol. The van der Waals surface area contributed by atoms with Gasteiger partial charge in [0.15, 0.2) is 5.82 Å². The second kappa shape index (κ2) is 12.5. The van der Waals surface area contributed by atoms with Gasteiger partial charge in [0.25, 0.3) is 0 Å². The van der Waals surface area contributed by atoms with Gasteiger partial charge in [0.05, 0.1) is 29.1 Å². The quantitative estimate of drug-likeness (QED) is 0.165. The van der Waals surface area contributed by atoms with E-state index in [1.807, 2.05) is 58.2 Å². The van der Waals surface area contributed by atoms with Crippen LogP contribution >= 0.6 is 0 Å². The Balaban J connectivity index is 1.06. The van der Waals surface area contributed by atoms with E-state index in [1.54, 1.807) is 23.1 Å². The van der Waals surface area contributed by atoms with Gasteiger partial charge in [0, 0.05) is 87.6 Å². The Hall–Kier alpha value is -5.24. The molecule has 0 radical (unpaired) electrons. The summed E-state index contributed by atoms with van der Waals surface area (Å²) < 4.78 is 7.96. The summed E-state index contributed by atoms with van der Waals surface area (Å²) in [6, 6.07) is 8.28. The van der Waals surface area contributed by atoms with Crippen LogP contribution in [0.1, 0.15) is 30.5 Å². The molecule has 2 fully saturated rings. The molecule has 5 aromatic rings. The molecule has 14 nitrogen and oxygen atoms in total. The predicted octanol–water partition coefficient (Wildman–Crippen LogP) is 4.24. The number of rotatable bonds is 11. The molecular weight excluding hydrogens is 596 g/mol. The van der Waals surface area contributed by atoms with Crippen molar-refractivity contribution in [2.75, 3.05) is 54.6 Å². The standard InChI is InChI=1S/C33H40N12O2/c1-19-15-36-33(38-26-14-20(2)44(5)42-26)41-29(19)24-16-35-30-23(24)8-9-25(43(3)4)31(30)39-27(46)18-45-13-11-22(17-45)47-28-10-12-34-32(40-28)37-21-6-7-21/h8-10,12,14-16,21-22,35H,6-7,11,13,17-18H2,1-5H3,(H,39,46)(H,34,37,40)(H,36,38,41,42). The van der Waals surface area contributed by atoms with Crippen molar-refractivity contribution in [1.29, 1.82) is 0 Å². The SMILES string of the molecule is Cc1cnc(Nc2cc(C)n(C)n2)nc1-c1c[nH]c2c(NC(=O)CN3CCC(Oc4ccnc(NC5CC5)n4)C3)c(N(C)C)ccc12. The zero-order valence-corrected chi connectivity index (χ0v) is 27.3. The van der Waals surface area contributed by atoms with Crippen LogP contribution in [0.5, 0.6) is 5.88 Å². The highest BCUT2D eigenvalue weighted by molar-refractivity contribution is 6.10. The van der Waals surface area contributed by atoms with Crippen LogP contribution in [0.4, 0.5) is 29.1 Å². The number of carbonyl (C=O) groups excluding carboxylic acids is 1. The Morgan fingerprint density at radius 1 is 1.11 bits per heavy atom. The maximum atomic E-state index is 13.5. The number of nitrogens with zero attached hydrogens (tertiary/aromatic N) is 8. The van der Waals surface area contributed by atoms with Crippen molar-refractivity contribution < 1.29 is 9.53 Å². The first-order valence-electron chi connectivity index (χ1n) is 15.9. The minimum atomic E-state index is -0.0919. The Morgan fingerprint density at radius 2 is 1.96 bits per heavy atom. The van der Waals surface area contributed by atoms with Gasteiger partial charge in [-0.3, -0.25) is 14.4 Å². The average Bonchev–Trinajstić information content (AvgIpc) is 3.41. The van der Waals surface area contributed by atoms with E-state index in [4.69, 9.17) is 9.72 Å². The second-order valence-corrected chi connectivity index (χ2v) is 12.6. The normalized spacial score (nSPS) is 16.4. The Labute approximate surface area is 273 Å². The van der Waals surface area contributed by atoms with Crippen LogP contribution in [0.15, 0.2) is 42.9 Å². The van der Waals surface area contributed by atoms with Gasteiger partial charge in [-0.05, 0) is 50.8 Å². The van der Waals surface area contributed by atoms with Gasteiger partial charge < -0.3 is 30.6 Å². The number of hydrogen-bond donors (Lipinski definition) is 4. The molecule has 7 rings (SSSR count). The molecule has 1 aliphatic heterocycles. The van der Waals surface area contributed by atoms with Crippen molar-refractivity contribution in [3.8, 4) is 17.1 Å². The number of anilines is 5. The summed E-state index contributed by atoms with van der Waals surface area (Å²) in [7, 11) is 5.83. The predicted molar refractivity (Wildman–Crippen MR) is 182 cm³/mol. The fourth-order valence-electron chi connectivity index (χ4n) is 5.87. The first-order chi connectivity index (χ1) is 22.7. The van der Waals surface area contributed by atoms with Crippen LogP contribution in [0, 0.1) is 13.8 Å². The molecule has 5 heterocycles. The van der Waals surface area contributed by atoms with E-state index in [0.717, 1.165) is 70.6 Å².